The second-order valence-electron chi connectivity index (χ2n) is 4.88. The molecule has 0 spiro atoms. The highest BCUT2D eigenvalue weighted by atomic mass is 14.9. The van der Waals surface area contributed by atoms with Crippen molar-refractivity contribution in [2.45, 2.75) is 58.4 Å². The fourth-order valence-electron chi connectivity index (χ4n) is 2.58. The predicted molar refractivity (Wildman–Crippen MR) is 63.5 cm³/mol. The Kier molecular flexibility index (Phi) is 4.67. The Hall–Kier alpha value is -0.300. The molecule has 0 aromatic rings. The average molecular weight is 195 g/mol. The fraction of sp³-hybridized carbons (Fsp3) is 0.846. The molecule has 1 N–H and O–H groups in total. The normalized spacial score (nSPS) is 23.0. The quantitative estimate of drug-likeness (QED) is 0.662. The van der Waals surface area contributed by atoms with Crippen LogP contribution >= 0.6 is 0 Å². The Bertz CT molecular complexity index is 168. The average Bonchev–Trinajstić information content (AvgIpc) is 2.20. The first-order valence-electron chi connectivity index (χ1n) is 6.09. The van der Waals surface area contributed by atoms with Gasteiger partial charge in [0.2, 0.25) is 0 Å². The molecular formula is C13H25N. The Balaban J connectivity index is 2.51. The van der Waals surface area contributed by atoms with Crippen LogP contribution in [0.3, 0.4) is 0 Å². The first-order valence-corrected chi connectivity index (χ1v) is 6.09. The molecule has 1 atom stereocenters. The molecule has 1 heteroatoms. The molecule has 1 fully saturated rings. The van der Waals surface area contributed by atoms with E-state index >= 15 is 0 Å². The van der Waals surface area contributed by atoms with Gasteiger partial charge >= 0.3 is 0 Å². The summed E-state index contributed by atoms with van der Waals surface area (Å²) in [5.41, 5.74) is 0.467. The molecule has 0 aromatic carbocycles. The molecule has 1 nitrogen and oxygen atoms in total. The van der Waals surface area contributed by atoms with Gasteiger partial charge in [0, 0.05) is 6.04 Å². The minimum absolute atomic E-state index is 0.467. The van der Waals surface area contributed by atoms with E-state index in [1.165, 1.54) is 38.5 Å². The van der Waals surface area contributed by atoms with Gasteiger partial charge in [0.25, 0.3) is 0 Å². The van der Waals surface area contributed by atoms with Gasteiger partial charge in [-0.05, 0) is 31.2 Å². The summed E-state index contributed by atoms with van der Waals surface area (Å²) >= 11 is 0. The van der Waals surface area contributed by atoms with E-state index in [0.29, 0.717) is 11.5 Å². The smallest absolute Gasteiger partial charge is 0.0301 e. The number of hydrogen-bond donors (Lipinski definition) is 1. The van der Waals surface area contributed by atoms with E-state index in [0.717, 1.165) is 6.54 Å². The lowest BCUT2D eigenvalue weighted by molar-refractivity contribution is 0.170. The summed E-state index contributed by atoms with van der Waals surface area (Å²) in [7, 11) is 0. The Morgan fingerprint density at radius 1 is 1.36 bits per heavy atom. The second kappa shape index (κ2) is 5.55. The second-order valence-corrected chi connectivity index (χ2v) is 4.88. The monoisotopic (exact) mass is 195 g/mol. The van der Waals surface area contributed by atoms with Crippen molar-refractivity contribution in [1.82, 2.24) is 5.32 Å². The number of nitrogens with one attached hydrogen (secondary N) is 1. The largest absolute Gasteiger partial charge is 0.310 e. The molecule has 0 heterocycles. The maximum atomic E-state index is 3.97. The third kappa shape index (κ3) is 2.84. The molecule has 0 radical (unpaired) electrons. The minimum atomic E-state index is 0.467. The molecule has 82 valence electrons. The highest BCUT2D eigenvalue weighted by Gasteiger charge is 2.32. The van der Waals surface area contributed by atoms with Crippen LogP contribution in [0.4, 0.5) is 0 Å². The van der Waals surface area contributed by atoms with Crippen molar-refractivity contribution in [1.29, 1.82) is 0 Å². The van der Waals surface area contributed by atoms with Gasteiger partial charge in [-0.25, -0.2) is 0 Å². The first kappa shape index (κ1) is 11.8. The van der Waals surface area contributed by atoms with Crippen molar-refractivity contribution in [3.63, 3.8) is 0 Å². The summed E-state index contributed by atoms with van der Waals surface area (Å²) in [6.07, 6.45) is 10.3. The molecule has 0 aromatic heterocycles. The number of hydrogen-bond acceptors (Lipinski definition) is 1. The summed E-state index contributed by atoms with van der Waals surface area (Å²) in [6.45, 7) is 9.73. The Morgan fingerprint density at radius 3 is 2.50 bits per heavy atom. The number of rotatable bonds is 5. The molecule has 0 bridgehead atoms. The topological polar surface area (TPSA) is 12.0 Å². The molecule has 1 aliphatic rings. The van der Waals surface area contributed by atoms with Crippen LogP contribution in [-0.4, -0.2) is 12.6 Å². The zero-order chi connectivity index (χ0) is 10.4. The van der Waals surface area contributed by atoms with Crippen molar-refractivity contribution in [2.24, 2.45) is 5.41 Å². The van der Waals surface area contributed by atoms with Crippen LogP contribution < -0.4 is 5.32 Å². The van der Waals surface area contributed by atoms with Crippen LogP contribution in [0, 0.1) is 5.41 Å². The van der Waals surface area contributed by atoms with Crippen LogP contribution in [0.15, 0.2) is 12.7 Å². The zero-order valence-electron chi connectivity index (χ0n) is 9.81. The van der Waals surface area contributed by atoms with Crippen molar-refractivity contribution in [3.8, 4) is 0 Å². The summed E-state index contributed by atoms with van der Waals surface area (Å²) in [5, 5.41) is 3.61. The van der Waals surface area contributed by atoms with E-state index in [4.69, 9.17) is 0 Å². The predicted octanol–water partition coefficient (Wildman–Crippen LogP) is 3.51. The lowest BCUT2D eigenvalue weighted by Gasteiger charge is -2.40. The van der Waals surface area contributed by atoms with Crippen molar-refractivity contribution in [2.75, 3.05) is 6.54 Å². The highest BCUT2D eigenvalue weighted by Crippen LogP contribution is 2.39. The van der Waals surface area contributed by atoms with Crippen LogP contribution in [0.25, 0.3) is 0 Å². The van der Waals surface area contributed by atoms with Crippen molar-refractivity contribution >= 4 is 0 Å². The van der Waals surface area contributed by atoms with Gasteiger partial charge in [-0.2, -0.15) is 0 Å². The van der Waals surface area contributed by atoms with Crippen LogP contribution in [0.1, 0.15) is 52.4 Å². The van der Waals surface area contributed by atoms with Crippen molar-refractivity contribution < 1.29 is 0 Å². The van der Waals surface area contributed by atoms with Gasteiger partial charge in [-0.3, -0.25) is 0 Å². The summed E-state index contributed by atoms with van der Waals surface area (Å²) in [5.74, 6) is 0. The van der Waals surface area contributed by atoms with Gasteiger partial charge in [0.15, 0.2) is 0 Å². The van der Waals surface area contributed by atoms with Crippen molar-refractivity contribution in [3.05, 3.63) is 12.7 Å². The highest BCUT2D eigenvalue weighted by molar-refractivity contribution is 4.99. The van der Waals surface area contributed by atoms with Gasteiger partial charge in [0.05, 0.1) is 0 Å². The van der Waals surface area contributed by atoms with Gasteiger partial charge in [0.1, 0.15) is 0 Å². The molecule has 0 aliphatic heterocycles. The molecule has 1 saturated carbocycles. The minimum Gasteiger partial charge on any atom is -0.310 e. The summed E-state index contributed by atoms with van der Waals surface area (Å²) < 4.78 is 0. The Morgan fingerprint density at radius 2 is 2.00 bits per heavy atom. The molecular weight excluding hydrogens is 170 g/mol. The zero-order valence-corrected chi connectivity index (χ0v) is 9.81. The van der Waals surface area contributed by atoms with E-state index in [2.05, 4.69) is 31.8 Å². The van der Waals surface area contributed by atoms with Crippen LogP contribution in [0.2, 0.25) is 0 Å². The Labute approximate surface area is 89.0 Å². The van der Waals surface area contributed by atoms with Gasteiger partial charge in [-0.1, -0.05) is 39.2 Å². The molecule has 0 amide bonds. The lowest BCUT2D eigenvalue weighted by Crippen LogP contribution is -2.43. The standard InChI is InChI=1S/C13H25N/c1-4-11-14-12(5-2)13(3)9-7-6-8-10-13/h5,12,14H,2,4,6-11H2,1,3H3. The van der Waals surface area contributed by atoms with Gasteiger partial charge < -0.3 is 5.32 Å². The third-order valence-corrected chi connectivity index (χ3v) is 3.60. The molecule has 1 unspecified atom stereocenters. The van der Waals surface area contributed by atoms with E-state index in [-0.39, 0.29) is 0 Å². The van der Waals surface area contributed by atoms with E-state index < -0.39 is 0 Å². The van der Waals surface area contributed by atoms with E-state index in [1.54, 1.807) is 0 Å². The van der Waals surface area contributed by atoms with E-state index in [9.17, 15) is 0 Å². The van der Waals surface area contributed by atoms with Gasteiger partial charge in [-0.15, -0.1) is 6.58 Å². The summed E-state index contributed by atoms with van der Waals surface area (Å²) in [6, 6.07) is 0.516. The SMILES string of the molecule is C=CC(NCCC)C1(C)CCCCC1. The molecule has 0 saturated heterocycles. The van der Waals surface area contributed by atoms with E-state index in [1.807, 2.05) is 0 Å². The first-order chi connectivity index (χ1) is 6.73. The fourth-order valence-corrected chi connectivity index (χ4v) is 2.58. The maximum Gasteiger partial charge on any atom is 0.0301 e. The third-order valence-electron chi connectivity index (χ3n) is 3.60. The molecule has 1 aliphatic carbocycles. The van der Waals surface area contributed by atoms with Crippen LogP contribution in [-0.2, 0) is 0 Å². The molecule has 1 rings (SSSR count). The summed E-state index contributed by atoms with van der Waals surface area (Å²) in [4.78, 5) is 0. The van der Waals surface area contributed by atoms with Crippen LogP contribution in [0.5, 0.6) is 0 Å². The molecule has 14 heavy (non-hydrogen) atoms. The lowest BCUT2D eigenvalue weighted by atomic mass is 9.70. The maximum absolute atomic E-state index is 3.97.